The molecule has 0 spiro atoms. The van der Waals surface area contributed by atoms with Crippen LogP contribution in [-0.4, -0.2) is 63.7 Å². The molecule has 1 fully saturated rings. The number of carbonyl (C=O) groups is 2. The molecular weight excluding hydrogens is 210 g/mol. The van der Waals surface area contributed by atoms with Gasteiger partial charge < -0.3 is 9.80 Å². The van der Waals surface area contributed by atoms with Gasteiger partial charge in [0.1, 0.15) is 6.54 Å². The molecule has 0 aliphatic carbocycles. The van der Waals surface area contributed by atoms with Crippen molar-refractivity contribution in [1.82, 2.24) is 25.2 Å². The van der Waals surface area contributed by atoms with Crippen molar-refractivity contribution in [2.75, 3.05) is 26.7 Å². The fourth-order valence-corrected chi connectivity index (χ4v) is 1.63. The largest absolute Gasteiger partial charge is 0.344 e. The summed E-state index contributed by atoms with van der Waals surface area (Å²) in [5.74, 6) is -0.299. The molecule has 0 bridgehead atoms. The number of nitrogens with zero attached hydrogens (tertiary/aromatic N) is 4. The van der Waals surface area contributed by atoms with Crippen LogP contribution < -0.4 is 0 Å². The maximum absolute atomic E-state index is 11.9. The maximum Gasteiger partial charge on any atom is 0.276 e. The number of amides is 2. The average molecular weight is 223 g/mol. The Hall–Kier alpha value is -1.92. The summed E-state index contributed by atoms with van der Waals surface area (Å²) in [6, 6.07) is 0. The molecule has 0 saturated carbocycles. The highest BCUT2D eigenvalue weighted by atomic mass is 16.2. The normalized spacial score (nSPS) is 17.4. The molecule has 2 heterocycles. The number of hydrogen-bond donors (Lipinski definition) is 1. The van der Waals surface area contributed by atoms with Gasteiger partial charge in [0.25, 0.3) is 5.91 Å². The van der Waals surface area contributed by atoms with Gasteiger partial charge in [0.15, 0.2) is 5.69 Å². The first-order chi connectivity index (χ1) is 7.68. The second-order valence-electron chi connectivity index (χ2n) is 3.75. The van der Waals surface area contributed by atoms with Gasteiger partial charge in [-0.15, -0.1) is 0 Å². The fraction of sp³-hybridized carbons (Fsp3) is 0.556. The van der Waals surface area contributed by atoms with Crippen molar-refractivity contribution in [3.8, 4) is 0 Å². The third kappa shape index (κ3) is 2.02. The van der Waals surface area contributed by atoms with Crippen LogP contribution in [0.5, 0.6) is 0 Å². The highest BCUT2D eigenvalue weighted by Crippen LogP contribution is 2.06. The van der Waals surface area contributed by atoms with Gasteiger partial charge >= 0.3 is 0 Å². The van der Waals surface area contributed by atoms with Gasteiger partial charge in [-0.25, -0.2) is 0 Å². The molecule has 2 amide bonds. The predicted molar refractivity (Wildman–Crippen MR) is 54.5 cm³/mol. The van der Waals surface area contributed by atoms with E-state index in [4.69, 9.17) is 0 Å². The van der Waals surface area contributed by atoms with Gasteiger partial charge in [0.05, 0.1) is 6.20 Å². The lowest BCUT2D eigenvalue weighted by Crippen LogP contribution is -2.38. The molecule has 0 atom stereocenters. The molecule has 7 nitrogen and oxygen atoms in total. The van der Waals surface area contributed by atoms with Crippen molar-refractivity contribution in [2.24, 2.45) is 0 Å². The average Bonchev–Trinajstić information content (AvgIpc) is 2.74. The number of aromatic nitrogens is 3. The zero-order chi connectivity index (χ0) is 11.5. The van der Waals surface area contributed by atoms with Crippen LogP contribution in [0.3, 0.4) is 0 Å². The summed E-state index contributed by atoms with van der Waals surface area (Å²) in [6.07, 6.45) is 2.15. The van der Waals surface area contributed by atoms with E-state index < -0.39 is 0 Å². The van der Waals surface area contributed by atoms with Gasteiger partial charge in [0, 0.05) is 20.1 Å². The van der Waals surface area contributed by atoms with E-state index >= 15 is 0 Å². The first kappa shape index (κ1) is 10.6. The standard InChI is InChI=1S/C9H13N5O2/c1-13-3-2-4-14(6-8(13)15)9(16)7-5-10-12-11-7/h5H,2-4,6H2,1H3,(H,10,11,12). The molecule has 1 N–H and O–H groups in total. The summed E-state index contributed by atoms with van der Waals surface area (Å²) in [4.78, 5) is 26.6. The Kier molecular flexibility index (Phi) is 2.84. The minimum atomic E-state index is -0.252. The fourth-order valence-electron chi connectivity index (χ4n) is 1.63. The Labute approximate surface area is 92.4 Å². The van der Waals surface area contributed by atoms with Crippen molar-refractivity contribution >= 4 is 11.8 Å². The summed E-state index contributed by atoms with van der Waals surface area (Å²) in [6.45, 7) is 1.37. The summed E-state index contributed by atoms with van der Waals surface area (Å²) in [7, 11) is 1.74. The second kappa shape index (κ2) is 4.30. The molecule has 1 aliphatic rings. The van der Waals surface area contributed by atoms with Crippen molar-refractivity contribution < 1.29 is 9.59 Å². The van der Waals surface area contributed by atoms with Gasteiger partial charge in [-0.1, -0.05) is 0 Å². The molecule has 0 radical (unpaired) electrons. The first-order valence-electron chi connectivity index (χ1n) is 5.07. The lowest BCUT2D eigenvalue weighted by molar-refractivity contribution is -0.129. The SMILES string of the molecule is CN1CCCN(C(=O)c2cn[nH]n2)CC1=O. The highest BCUT2D eigenvalue weighted by Gasteiger charge is 2.24. The Morgan fingerprint density at radius 1 is 1.50 bits per heavy atom. The molecule has 0 aromatic carbocycles. The van der Waals surface area contributed by atoms with E-state index in [1.54, 1.807) is 11.9 Å². The summed E-state index contributed by atoms with van der Waals surface area (Å²) in [5, 5.41) is 9.67. The number of carbonyl (C=O) groups excluding carboxylic acids is 2. The van der Waals surface area contributed by atoms with Crippen molar-refractivity contribution in [3.05, 3.63) is 11.9 Å². The van der Waals surface area contributed by atoms with Crippen molar-refractivity contribution in [2.45, 2.75) is 6.42 Å². The van der Waals surface area contributed by atoms with Crippen LogP contribution in [-0.2, 0) is 4.79 Å². The Balaban J connectivity index is 2.09. The van der Waals surface area contributed by atoms with Crippen LogP contribution >= 0.6 is 0 Å². The van der Waals surface area contributed by atoms with E-state index in [1.807, 2.05) is 0 Å². The molecule has 1 aromatic rings. The molecule has 16 heavy (non-hydrogen) atoms. The number of nitrogens with one attached hydrogen (secondary N) is 1. The lowest BCUT2D eigenvalue weighted by Gasteiger charge is -2.18. The van der Waals surface area contributed by atoms with Crippen molar-refractivity contribution in [3.63, 3.8) is 0 Å². The third-order valence-electron chi connectivity index (χ3n) is 2.59. The lowest BCUT2D eigenvalue weighted by atomic mass is 10.3. The summed E-state index contributed by atoms with van der Waals surface area (Å²) in [5.41, 5.74) is 0.248. The number of hydrogen-bond acceptors (Lipinski definition) is 4. The minimum absolute atomic E-state index is 0.0469. The third-order valence-corrected chi connectivity index (χ3v) is 2.59. The van der Waals surface area contributed by atoms with Gasteiger partial charge in [0.2, 0.25) is 5.91 Å². The highest BCUT2D eigenvalue weighted by molar-refractivity contribution is 5.94. The quantitative estimate of drug-likeness (QED) is 0.669. The first-order valence-corrected chi connectivity index (χ1v) is 5.07. The number of H-pyrrole nitrogens is 1. The van der Waals surface area contributed by atoms with E-state index in [0.29, 0.717) is 13.1 Å². The van der Waals surface area contributed by atoms with E-state index in [0.717, 1.165) is 6.42 Å². The Morgan fingerprint density at radius 2 is 2.31 bits per heavy atom. The zero-order valence-electron chi connectivity index (χ0n) is 9.01. The van der Waals surface area contributed by atoms with E-state index in [9.17, 15) is 9.59 Å². The van der Waals surface area contributed by atoms with Crippen LogP contribution in [0, 0.1) is 0 Å². The number of rotatable bonds is 1. The van der Waals surface area contributed by atoms with Gasteiger partial charge in [-0.2, -0.15) is 15.4 Å². The van der Waals surface area contributed by atoms with E-state index in [-0.39, 0.29) is 24.1 Å². The molecule has 1 saturated heterocycles. The molecule has 1 aromatic heterocycles. The molecule has 1 aliphatic heterocycles. The summed E-state index contributed by atoms with van der Waals surface area (Å²) >= 11 is 0. The summed E-state index contributed by atoms with van der Waals surface area (Å²) < 4.78 is 0. The Bertz CT molecular complexity index is 389. The van der Waals surface area contributed by atoms with Crippen LogP contribution in [0.2, 0.25) is 0 Å². The zero-order valence-corrected chi connectivity index (χ0v) is 9.01. The molecule has 7 heteroatoms. The monoisotopic (exact) mass is 223 g/mol. The topological polar surface area (TPSA) is 82.2 Å². The number of aromatic amines is 1. The van der Waals surface area contributed by atoms with Crippen LogP contribution in [0.1, 0.15) is 16.9 Å². The van der Waals surface area contributed by atoms with Gasteiger partial charge in [-0.3, -0.25) is 9.59 Å². The molecular formula is C9H13N5O2. The Morgan fingerprint density at radius 3 is 3.00 bits per heavy atom. The predicted octanol–water partition coefficient (Wildman–Crippen LogP) is -0.891. The van der Waals surface area contributed by atoms with Crippen molar-refractivity contribution in [1.29, 1.82) is 0 Å². The van der Waals surface area contributed by atoms with Crippen LogP contribution in [0.15, 0.2) is 6.20 Å². The maximum atomic E-state index is 11.9. The van der Waals surface area contributed by atoms with E-state index in [2.05, 4.69) is 15.4 Å². The van der Waals surface area contributed by atoms with E-state index in [1.165, 1.54) is 11.1 Å². The van der Waals surface area contributed by atoms with Crippen LogP contribution in [0.4, 0.5) is 0 Å². The van der Waals surface area contributed by atoms with Crippen LogP contribution in [0.25, 0.3) is 0 Å². The molecule has 86 valence electrons. The molecule has 0 unspecified atom stereocenters. The van der Waals surface area contributed by atoms with Gasteiger partial charge in [-0.05, 0) is 6.42 Å². The smallest absolute Gasteiger partial charge is 0.276 e. The minimum Gasteiger partial charge on any atom is -0.344 e. The number of likely N-dealkylation sites (N-methyl/N-ethyl adjacent to an activating group) is 1. The second-order valence-corrected chi connectivity index (χ2v) is 3.75. The molecule has 2 rings (SSSR count).